The molecule has 0 aliphatic carbocycles. The van der Waals surface area contributed by atoms with Crippen molar-refractivity contribution in [3.8, 4) is 0 Å². The monoisotopic (exact) mass is 387 g/mol. The molecule has 3 rings (SSSR count). The number of halogens is 1. The summed E-state index contributed by atoms with van der Waals surface area (Å²) in [5.74, 6) is 0.0177. The first-order valence-electron chi connectivity index (χ1n) is 9.01. The highest BCUT2D eigenvalue weighted by Crippen LogP contribution is 2.16. The Kier molecular flexibility index (Phi) is 7.25. The van der Waals surface area contributed by atoms with Crippen LogP contribution in [0.4, 0.5) is 5.69 Å². The summed E-state index contributed by atoms with van der Waals surface area (Å²) in [5, 5.41) is 3.03. The summed E-state index contributed by atoms with van der Waals surface area (Å²) in [6, 6.07) is 15.3. The first-order valence-corrected chi connectivity index (χ1v) is 9.01. The van der Waals surface area contributed by atoms with E-state index in [2.05, 4.69) is 5.32 Å². The number of nitrogens with one attached hydrogen (secondary N) is 1. The fraction of sp³-hybridized carbons (Fsp3) is 0.333. The van der Waals surface area contributed by atoms with Crippen molar-refractivity contribution < 1.29 is 9.59 Å². The maximum Gasteiger partial charge on any atom is 0.251 e. The topological polar surface area (TPSA) is 75.4 Å². The molecule has 1 aliphatic rings. The average Bonchev–Trinajstić information content (AvgIpc) is 3.11. The summed E-state index contributed by atoms with van der Waals surface area (Å²) in [6.45, 7) is 3.15. The van der Waals surface area contributed by atoms with Crippen LogP contribution in [0.2, 0.25) is 0 Å². The smallest absolute Gasteiger partial charge is 0.251 e. The lowest BCUT2D eigenvalue weighted by Crippen LogP contribution is -2.38. The van der Waals surface area contributed by atoms with Crippen LogP contribution in [0, 0.1) is 6.92 Å². The highest BCUT2D eigenvalue weighted by molar-refractivity contribution is 5.96. The number of carbonyl (C=O) groups is 2. The molecule has 1 saturated heterocycles. The molecule has 5 nitrogen and oxygen atoms in total. The van der Waals surface area contributed by atoms with E-state index in [4.69, 9.17) is 5.73 Å². The summed E-state index contributed by atoms with van der Waals surface area (Å²) < 4.78 is 0. The molecule has 1 heterocycles. The molecule has 2 aromatic carbocycles. The highest BCUT2D eigenvalue weighted by Gasteiger charge is 2.27. The van der Waals surface area contributed by atoms with Gasteiger partial charge in [0.2, 0.25) is 5.91 Å². The third-order valence-corrected chi connectivity index (χ3v) is 4.85. The molecule has 144 valence electrons. The third kappa shape index (κ3) is 5.47. The minimum absolute atomic E-state index is 0. The van der Waals surface area contributed by atoms with Crippen molar-refractivity contribution in [3.05, 3.63) is 65.2 Å². The number of amides is 2. The zero-order chi connectivity index (χ0) is 18.5. The Morgan fingerprint density at radius 2 is 1.93 bits per heavy atom. The van der Waals surface area contributed by atoms with Crippen molar-refractivity contribution in [1.82, 2.24) is 10.2 Å². The molecule has 0 radical (unpaired) electrons. The standard InChI is InChI=1S/C21H25N3O2.ClH/c1-15-7-9-17(22)13-19(15)21(26)23-18-11-12-24(14-18)20(25)10-8-16-5-3-2-4-6-16;/h2-7,9,13,18H,8,10-12,14,22H2,1H3,(H,23,26);1H. The number of aryl methyl sites for hydroxylation is 2. The van der Waals surface area contributed by atoms with E-state index < -0.39 is 0 Å². The van der Waals surface area contributed by atoms with Gasteiger partial charge in [-0.2, -0.15) is 0 Å². The van der Waals surface area contributed by atoms with E-state index in [0.29, 0.717) is 30.8 Å². The van der Waals surface area contributed by atoms with Gasteiger partial charge in [0.1, 0.15) is 0 Å². The van der Waals surface area contributed by atoms with Gasteiger partial charge in [0.15, 0.2) is 0 Å². The number of carbonyl (C=O) groups excluding carboxylic acids is 2. The van der Waals surface area contributed by atoms with Crippen LogP contribution >= 0.6 is 12.4 Å². The normalized spacial score (nSPS) is 15.9. The van der Waals surface area contributed by atoms with E-state index in [0.717, 1.165) is 18.4 Å². The van der Waals surface area contributed by atoms with Gasteiger partial charge in [-0.3, -0.25) is 9.59 Å². The molecule has 1 fully saturated rings. The Hall–Kier alpha value is -2.53. The number of nitrogens with zero attached hydrogens (tertiary/aromatic N) is 1. The molecule has 1 unspecified atom stereocenters. The van der Waals surface area contributed by atoms with Gasteiger partial charge >= 0.3 is 0 Å². The van der Waals surface area contributed by atoms with Crippen molar-refractivity contribution in [2.45, 2.75) is 32.2 Å². The summed E-state index contributed by atoms with van der Waals surface area (Å²) in [5.41, 5.74) is 9.02. The maximum absolute atomic E-state index is 12.5. The molecule has 6 heteroatoms. The van der Waals surface area contributed by atoms with E-state index >= 15 is 0 Å². The van der Waals surface area contributed by atoms with Crippen molar-refractivity contribution in [2.24, 2.45) is 0 Å². The van der Waals surface area contributed by atoms with Crippen LogP contribution in [-0.4, -0.2) is 35.8 Å². The zero-order valence-corrected chi connectivity index (χ0v) is 16.3. The Labute approximate surface area is 166 Å². The number of hydrogen-bond acceptors (Lipinski definition) is 3. The lowest BCUT2D eigenvalue weighted by Gasteiger charge is -2.17. The fourth-order valence-corrected chi connectivity index (χ4v) is 3.31. The number of benzene rings is 2. The second kappa shape index (κ2) is 9.42. The van der Waals surface area contributed by atoms with Gasteiger partial charge < -0.3 is 16.0 Å². The fourth-order valence-electron chi connectivity index (χ4n) is 3.31. The largest absolute Gasteiger partial charge is 0.399 e. The van der Waals surface area contributed by atoms with Gasteiger partial charge in [-0.05, 0) is 43.0 Å². The predicted molar refractivity (Wildman–Crippen MR) is 110 cm³/mol. The van der Waals surface area contributed by atoms with Crippen molar-refractivity contribution in [3.63, 3.8) is 0 Å². The van der Waals surface area contributed by atoms with Gasteiger partial charge in [-0.1, -0.05) is 36.4 Å². The van der Waals surface area contributed by atoms with Crippen LogP contribution in [0.5, 0.6) is 0 Å². The Balaban J connectivity index is 0.00000261. The van der Waals surface area contributed by atoms with E-state index in [1.54, 1.807) is 12.1 Å². The molecule has 0 spiro atoms. The van der Waals surface area contributed by atoms with Gasteiger partial charge in [0.25, 0.3) is 5.91 Å². The first-order chi connectivity index (χ1) is 12.5. The number of hydrogen-bond donors (Lipinski definition) is 2. The quantitative estimate of drug-likeness (QED) is 0.774. The maximum atomic E-state index is 12.5. The predicted octanol–water partition coefficient (Wildman–Crippen LogP) is 2.96. The third-order valence-electron chi connectivity index (χ3n) is 4.85. The Bertz CT molecular complexity index is 795. The van der Waals surface area contributed by atoms with Crippen molar-refractivity contribution in [2.75, 3.05) is 18.8 Å². The van der Waals surface area contributed by atoms with Crippen LogP contribution in [0.15, 0.2) is 48.5 Å². The first kappa shape index (κ1) is 20.8. The lowest BCUT2D eigenvalue weighted by atomic mass is 10.1. The molecular weight excluding hydrogens is 362 g/mol. The van der Waals surface area contributed by atoms with E-state index in [-0.39, 0.29) is 30.3 Å². The van der Waals surface area contributed by atoms with Crippen molar-refractivity contribution >= 4 is 29.9 Å². The molecular formula is C21H26ClN3O2. The van der Waals surface area contributed by atoms with Crippen LogP contribution < -0.4 is 11.1 Å². The summed E-state index contributed by atoms with van der Waals surface area (Å²) in [4.78, 5) is 26.8. The molecule has 0 aromatic heterocycles. The molecule has 27 heavy (non-hydrogen) atoms. The second-order valence-corrected chi connectivity index (χ2v) is 6.86. The van der Waals surface area contributed by atoms with Crippen molar-refractivity contribution in [1.29, 1.82) is 0 Å². The second-order valence-electron chi connectivity index (χ2n) is 6.86. The number of anilines is 1. The summed E-state index contributed by atoms with van der Waals surface area (Å²) in [6.07, 6.45) is 2.03. The lowest BCUT2D eigenvalue weighted by molar-refractivity contribution is -0.130. The van der Waals surface area contributed by atoms with Gasteiger partial charge in [-0.25, -0.2) is 0 Å². The molecule has 1 atom stereocenters. The average molecular weight is 388 g/mol. The van der Waals surface area contributed by atoms with Crippen LogP contribution in [0.25, 0.3) is 0 Å². The van der Waals surface area contributed by atoms with E-state index in [1.807, 2.05) is 48.2 Å². The summed E-state index contributed by atoms with van der Waals surface area (Å²) >= 11 is 0. The minimum Gasteiger partial charge on any atom is -0.399 e. The Morgan fingerprint density at radius 3 is 2.67 bits per heavy atom. The molecule has 1 aliphatic heterocycles. The van der Waals surface area contributed by atoms with Gasteiger partial charge in [0, 0.05) is 36.8 Å². The van der Waals surface area contributed by atoms with E-state index in [9.17, 15) is 9.59 Å². The summed E-state index contributed by atoms with van der Waals surface area (Å²) in [7, 11) is 0. The SMILES string of the molecule is Cc1ccc(N)cc1C(=O)NC1CCN(C(=O)CCc2ccccc2)C1.Cl. The number of likely N-dealkylation sites (tertiary alicyclic amines) is 1. The number of rotatable bonds is 5. The molecule has 2 aromatic rings. The Morgan fingerprint density at radius 1 is 1.19 bits per heavy atom. The van der Waals surface area contributed by atoms with Gasteiger partial charge in [0.05, 0.1) is 0 Å². The molecule has 2 amide bonds. The zero-order valence-electron chi connectivity index (χ0n) is 15.5. The molecule has 0 bridgehead atoms. The number of nitrogen functional groups attached to an aromatic ring is 1. The number of nitrogens with two attached hydrogens (primary N) is 1. The van der Waals surface area contributed by atoms with Crippen LogP contribution in [-0.2, 0) is 11.2 Å². The molecule has 0 saturated carbocycles. The minimum atomic E-state index is -0.126. The van der Waals surface area contributed by atoms with Crippen LogP contribution in [0.1, 0.15) is 34.3 Å². The van der Waals surface area contributed by atoms with Gasteiger partial charge in [-0.15, -0.1) is 12.4 Å². The van der Waals surface area contributed by atoms with Crippen LogP contribution in [0.3, 0.4) is 0 Å². The van der Waals surface area contributed by atoms with E-state index in [1.165, 1.54) is 5.56 Å². The highest BCUT2D eigenvalue weighted by atomic mass is 35.5. The molecule has 3 N–H and O–H groups in total.